The van der Waals surface area contributed by atoms with Gasteiger partial charge < -0.3 is 19.4 Å². The van der Waals surface area contributed by atoms with Crippen LogP contribution in [0.25, 0.3) is 0 Å². The highest BCUT2D eigenvalue weighted by molar-refractivity contribution is 5.80. The first-order valence-corrected chi connectivity index (χ1v) is 7.32. The van der Waals surface area contributed by atoms with Crippen LogP contribution in [0.15, 0.2) is 41.6 Å². The second-order valence-corrected chi connectivity index (χ2v) is 5.12. The summed E-state index contributed by atoms with van der Waals surface area (Å²) < 4.78 is 16.7. The van der Waals surface area contributed by atoms with Crippen LogP contribution < -0.4 is 14.2 Å². The highest BCUT2D eigenvalue weighted by atomic mass is 16.5. The first kappa shape index (κ1) is 16.7. The molecule has 5 nitrogen and oxygen atoms in total. The van der Waals surface area contributed by atoms with E-state index in [0.29, 0.717) is 24.7 Å². The molecule has 0 atom stereocenters. The van der Waals surface area contributed by atoms with Gasteiger partial charge in [-0.1, -0.05) is 17.3 Å². The van der Waals surface area contributed by atoms with Gasteiger partial charge in [-0.15, -0.1) is 0 Å². The molecule has 2 aromatic carbocycles. The summed E-state index contributed by atoms with van der Waals surface area (Å²) in [5.41, 5.74) is 2.98. The molecule has 122 valence electrons. The van der Waals surface area contributed by atoms with Gasteiger partial charge in [0.1, 0.15) is 19.0 Å². The molecule has 0 aliphatic heterocycles. The average Bonchev–Trinajstić information content (AvgIpc) is 2.55. The molecule has 2 aromatic rings. The molecular weight excluding hydrogens is 294 g/mol. The van der Waals surface area contributed by atoms with Crippen molar-refractivity contribution in [3.8, 4) is 17.2 Å². The maximum Gasteiger partial charge on any atom is 0.161 e. The van der Waals surface area contributed by atoms with Gasteiger partial charge in [0.15, 0.2) is 11.5 Å². The Morgan fingerprint density at radius 3 is 2.39 bits per heavy atom. The standard InChI is InChI=1S/C18H21NO4/c1-13-4-5-14(2)17(10-13)23-9-8-22-16-7-6-15(12-19-20)11-18(16)21-3/h4-7,10-12,20H,8-9H2,1-3H3. The van der Waals surface area contributed by atoms with Crippen molar-refractivity contribution in [1.82, 2.24) is 0 Å². The molecule has 0 spiro atoms. The molecule has 0 unspecified atom stereocenters. The van der Waals surface area contributed by atoms with Gasteiger partial charge in [-0.05, 0) is 49.2 Å². The Balaban J connectivity index is 1.92. The molecule has 0 aliphatic rings. The van der Waals surface area contributed by atoms with Gasteiger partial charge in [0.25, 0.3) is 0 Å². The van der Waals surface area contributed by atoms with Crippen molar-refractivity contribution in [3.05, 3.63) is 53.1 Å². The first-order chi connectivity index (χ1) is 11.1. The van der Waals surface area contributed by atoms with Crippen molar-refractivity contribution in [2.45, 2.75) is 13.8 Å². The Labute approximate surface area is 136 Å². The normalized spacial score (nSPS) is 10.7. The Morgan fingerprint density at radius 1 is 0.957 bits per heavy atom. The van der Waals surface area contributed by atoms with E-state index in [1.165, 1.54) is 6.21 Å². The highest BCUT2D eigenvalue weighted by Crippen LogP contribution is 2.27. The van der Waals surface area contributed by atoms with Gasteiger partial charge in [-0.25, -0.2) is 0 Å². The van der Waals surface area contributed by atoms with E-state index in [2.05, 4.69) is 11.2 Å². The van der Waals surface area contributed by atoms with Crippen molar-refractivity contribution in [1.29, 1.82) is 0 Å². The van der Waals surface area contributed by atoms with Gasteiger partial charge in [0.2, 0.25) is 0 Å². The lowest BCUT2D eigenvalue weighted by Crippen LogP contribution is -2.10. The molecule has 2 rings (SSSR count). The molecule has 0 aliphatic carbocycles. The molecule has 0 radical (unpaired) electrons. The summed E-state index contributed by atoms with van der Waals surface area (Å²) in [4.78, 5) is 0. The molecule has 0 fully saturated rings. The van der Waals surface area contributed by atoms with Gasteiger partial charge in [0, 0.05) is 5.56 Å². The second-order valence-electron chi connectivity index (χ2n) is 5.12. The van der Waals surface area contributed by atoms with Crippen LogP contribution in [-0.2, 0) is 0 Å². The van der Waals surface area contributed by atoms with Crippen LogP contribution in [0.5, 0.6) is 17.2 Å². The minimum absolute atomic E-state index is 0.400. The molecule has 0 saturated carbocycles. The maximum absolute atomic E-state index is 8.56. The fraction of sp³-hybridized carbons (Fsp3) is 0.278. The minimum Gasteiger partial charge on any atom is -0.493 e. The van der Waals surface area contributed by atoms with Crippen LogP contribution in [0.4, 0.5) is 0 Å². The van der Waals surface area contributed by atoms with E-state index < -0.39 is 0 Å². The maximum atomic E-state index is 8.56. The lowest BCUT2D eigenvalue weighted by molar-refractivity contribution is 0.210. The van der Waals surface area contributed by atoms with E-state index in [-0.39, 0.29) is 0 Å². The van der Waals surface area contributed by atoms with E-state index >= 15 is 0 Å². The number of oxime groups is 1. The monoisotopic (exact) mass is 315 g/mol. The Hall–Kier alpha value is -2.69. The van der Waals surface area contributed by atoms with Crippen LogP contribution in [0.3, 0.4) is 0 Å². The fourth-order valence-electron chi connectivity index (χ4n) is 2.12. The molecule has 0 bridgehead atoms. The summed E-state index contributed by atoms with van der Waals surface area (Å²) in [7, 11) is 1.56. The number of rotatable bonds is 7. The van der Waals surface area contributed by atoms with Crippen LogP contribution in [0.1, 0.15) is 16.7 Å². The first-order valence-electron chi connectivity index (χ1n) is 7.32. The smallest absolute Gasteiger partial charge is 0.161 e. The number of aryl methyl sites for hydroxylation is 2. The van der Waals surface area contributed by atoms with Crippen molar-refractivity contribution < 1.29 is 19.4 Å². The molecule has 0 aromatic heterocycles. The van der Waals surface area contributed by atoms with Crippen LogP contribution in [0, 0.1) is 13.8 Å². The van der Waals surface area contributed by atoms with E-state index in [4.69, 9.17) is 19.4 Å². The van der Waals surface area contributed by atoms with Crippen LogP contribution in [0.2, 0.25) is 0 Å². The van der Waals surface area contributed by atoms with E-state index in [1.54, 1.807) is 25.3 Å². The summed E-state index contributed by atoms with van der Waals surface area (Å²) in [6.07, 6.45) is 1.33. The predicted octanol–water partition coefficient (Wildman–Crippen LogP) is 3.58. The third kappa shape index (κ3) is 4.64. The third-order valence-electron chi connectivity index (χ3n) is 3.34. The lowest BCUT2D eigenvalue weighted by atomic mass is 10.1. The largest absolute Gasteiger partial charge is 0.493 e. The second kappa shape index (κ2) is 8.08. The summed E-state index contributed by atoms with van der Waals surface area (Å²) >= 11 is 0. The van der Waals surface area contributed by atoms with Crippen LogP contribution in [-0.4, -0.2) is 31.7 Å². The van der Waals surface area contributed by atoms with Crippen molar-refractivity contribution in [2.75, 3.05) is 20.3 Å². The number of methoxy groups -OCH3 is 1. The third-order valence-corrected chi connectivity index (χ3v) is 3.34. The molecule has 5 heteroatoms. The van der Waals surface area contributed by atoms with Crippen molar-refractivity contribution >= 4 is 6.21 Å². The average molecular weight is 315 g/mol. The molecule has 23 heavy (non-hydrogen) atoms. The number of nitrogens with zero attached hydrogens (tertiary/aromatic N) is 1. The van der Waals surface area contributed by atoms with E-state index in [0.717, 1.165) is 22.4 Å². The summed E-state index contributed by atoms with van der Waals surface area (Å²) in [6, 6.07) is 11.4. The topological polar surface area (TPSA) is 60.3 Å². The Kier molecular flexibility index (Phi) is 5.86. The summed E-state index contributed by atoms with van der Waals surface area (Å²) in [5, 5.41) is 11.6. The lowest BCUT2D eigenvalue weighted by Gasteiger charge is -2.13. The van der Waals surface area contributed by atoms with Gasteiger partial charge in [-0.3, -0.25) is 0 Å². The summed E-state index contributed by atoms with van der Waals surface area (Å²) in [5.74, 6) is 2.07. The zero-order valence-electron chi connectivity index (χ0n) is 13.6. The molecule has 0 heterocycles. The predicted molar refractivity (Wildman–Crippen MR) is 89.3 cm³/mol. The van der Waals surface area contributed by atoms with Gasteiger partial charge in [0.05, 0.1) is 13.3 Å². The quantitative estimate of drug-likeness (QED) is 0.367. The van der Waals surface area contributed by atoms with E-state index in [9.17, 15) is 0 Å². The number of hydrogen-bond acceptors (Lipinski definition) is 5. The van der Waals surface area contributed by atoms with E-state index in [1.807, 2.05) is 26.0 Å². The molecular formula is C18H21NO4. The molecule has 0 saturated heterocycles. The minimum atomic E-state index is 0.400. The molecule has 1 N–H and O–H groups in total. The fourth-order valence-corrected chi connectivity index (χ4v) is 2.12. The zero-order valence-corrected chi connectivity index (χ0v) is 13.6. The molecule has 0 amide bonds. The zero-order chi connectivity index (χ0) is 16.7. The summed E-state index contributed by atoms with van der Waals surface area (Å²) in [6.45, 7) is 4.88. The van der Waals surface area contributed by atoms with Crippen molar-refractivity contribution in [3.63, 3.8) is 0 Å². The highest BCUT2D eigenvalue weighted by Gasteiger charge is 2.06. The number of hydrogen-bond donors (Lipinski definition) is 1. The SMILES string of the molecule is COc1cc(C=NO)ccc1OCCOc1cc(C)ccc1C. The van der Waals surface area contributed by atoms with Crippen molar-refractivity contribution in [2.24, 2.45) is 5.16 Å². The Morgan fingerprint density at radius 2 is 1.70 bits per heavy atom. The van der Waals surface area contributed by atoms with Crippen LogP contribution >= 0.6 is 0 Å². The number of benzene rings is 2. The van der Waals surface area contributed by atoms with Gasteiger partial charge in [-0.2, -0.15) is 0 Å². The van der Waals surface area contributed by atoms with Gasteiger partial charge >= 0.3 is 0 Å². The number of ether oxygens (including phenoxy) is 3. The Bertz CT molecular complexity index is 683.